The molecular formula is C19H24N2. The van der Waals surface area contributed by atoms with E-state index in [-0.39, 0.29) is 10.8 Å². The molecule has 0 saturated carbocycles. The number of allylic oxidation sites excluding steroid dienone is 6. The van der Waals surface area contributed by atoms with Gasteiger partial charge in [-0.15, -0.1) is 0 Å². The standard InChI is InChI=1S/C19H24N2/c1-18(2,3)14-7-9-20-13-21-10-8-15(19(4,5)6)12-17(21)16(20)11-14/h7-12H,1-6H3. The second-order valence-corrected chi connectivity index (χ2v) is 7.94. The highest BCUT2D eigenvalue weighted by molar-refractivity contribution is 5.51. The first-order chi connectivity index (χ1) is 9.66. The van der Waals surface area contributed by atoms with E-state index in [0.29, 0.717) is 0 Å². The van der Waals surface area contributed by atoms with Crippen molar-refractivity contribution in [3.05, 3.63) is 65.9 Å². The van der Waals surface area contributed by atoms with Gasteiger partial charge < -0.3 is 9.80 Å². The highest BCUT2D eigenvalue weighted by Gasteiger charge is 2.32. The molecule has 3 aliphatic heterocycles. The molecule has 0 atom stereocenters. The van der Waals surface area contributed by atoms with Gasteiger partial charge in [0.25, 0.3) is 0 Å². The summed E-state index contributed by atoms with van der Waals surface area (Å²) >= 11 is 0. The van der Waals surface area contributed by atoms with Crippen LogP contribution in [0.1, 0.15) is 41.5 Å². The summed E-state index contributed by atoms with van der Waals surface area (Å²) in [6.45, 7) is 16.9. The lowest BCUT2D eigenvalue weighted by molar-refractivity contribution is 0.453. The van der Waals surface area contributed by atoms with E-state index >= 15 is 0 Å². The van der Waals surface area contributed by atoms with Gasteiger partial charge in [0.2, 0.25) is 6.67 Å². The third-order valence-electron chi connectivity index (χ3n) is 4.12. The van der Waals surface area contributed by atoms with Crippen molar-refractivity contribution >= 4 is 0 Å². The van der Waals surface area contributed by atoms with Crippen LogP contribution in [0.25, 0.3) is 0 Å². The van der Waals surface area contributed by atoms with Gasteiger partial charge in [-0.1, -0.05) is 41.5 Å². The minimum Gasteiger partial charge on any atom is -0.315 e. The molecule has 0 N–H and O–H groups in total. The second kappa shape index (κ2) is 4.40. The van der Waals surface area contributed by atoms with E-state index in [1.165, 1.54) is 22.5 Å². The molecule has 0 aromatic heterocycles. The molecule has 0 aliphatic carbocycles. The van der Waals surface area contributed by atoms with Crippen LogP contribution in [-0.4, -0.2) is 9.80 Å². The van der Waals surface area contributed by atoms with Crippen LogP contribution in [0.5, 0.6) is 0 Å². The molecule has 21 heavy (non-hydrogen) atoms. The minimum absolute atomic E-state index is 0.157. The molecule has 0 bridgehead atoms. The first-order valence-corrected chi connectivity index (χ1v) is 7.56. The zero-order valence-corrected chi connectivity index (χ0v) is 13.9. The first-order valence-electron chi connectivity index (χ1n) is 7.56. The number of hydrogen-bond acceptors (Lipinski definition) is 2. The first kappa shape index (κ1) is 14.2. The Bertz CT molecular complexity index is 559. The largest absolute Gasteiger partial charge is 0.315 e. The Morgan fingerprint density at radius 1 is 0.714 bits per heavy atom. The fourth-order valence-electron chi connectivity index (χ4n) is 2.62. The van der Waals surface area contributed by atoms with Gasteiger partial charge in [-0.3, -0.25) is 0 Å². The number of fused-ring (bicyclic) bond motifs is 2. The molecule has 3 aliphatic rings. The molecular weight excluding hydrogens is 256 g/mol. The van der Waals surface area contributed by atoms with Gasteiger partial charge in [0.1, 0.15) is 0 Å². The molecule has 3 heterocycles. The van der Waals surface area contributed by atoms with Crippen LogP contribution in [0.2, 0.25) is 0 Å². The topological polar surface area (TPSA) is 6.48 Å². The molecule has 0 aromatic carbocycles. The van der Waals surface area contributed by atoms with Gasteiger partial charge in [0.15, 0.2) is 0 Å². The fraction of sp³-hybridized carbons (Fsp3) is 0.421. The maximum Gasteiger partial charge on any atom is 0.217 e. The normalized spacial score (nSPS) is 21.4. The van der Waals surface area contributed by atoms with Gasteiger partial charge in [-0.25, -0.2) is 0 Å². The lowest BCUT2D eigenvalue weighted by Gasteiger charge is -2.26. The predicted molar refractivity (Wildman–Crippen MR) is 87.3 cm³/mol. The maximum atomic E-state index is 3.37. The summed E-state index contributed by atoms with van der Waals surface area (Å²) in [6, 6.07) is 0. The lowest BCUT2D eigenvalue weighted by atomic mass is 9.83. The van der Waals surface area contributed by atoms with Crippen molar-refractivity contribution in [3.8, 4) is 0 Å². The van der Waals surface area contributed by atoms with Crippen LogP contribution < -0.4 is 0 Å². The van der Waals surface area contributed by atoms with Crippen molar-refractivity contribution in [2.75, 3.05) is 0 Å². The summed E-state index contributed by atoms with van der Waals surface area (Å²) in [5.74, 6) is 0. The lowest BCUT2D eigenvalue weighted by Crippen LogP contribution is -2.18. The van der Waals surface area contributed by atoms with Crippen LogP contribution in [0.15, 0.2) is 59.2 Å². The van der Waals surface area contributed by atoms with E-state index in [9.17, 15) is 0 Å². The zero-order valence-electron chi connectivity index (χ0n) is 13.9. The van der Waals surface area contributed by atoms with Crippen molar-refractivity contribution < 1.29 is 0 Å². The third-order valence-corrected chi connectivity index (χ3v) is 4.12. The monoisotopic (exact) mass is 280 g/mol. The smallest absolute Gasteiger partial charge is 0.217 e. The minimum atomic E-state index is 0.157. The van der Waals surface area contributed by atoms with Crippen LogP contribution in [0.4, 0.5) is 0 Å². The van der Waals surface area contributed by atoms with E-state index < -0.39 is 0 Å². The Morgan fingerprint density at radius 3 is 1.43 bits per heavy atom. The molecule has 0 fully saturated rings. The van der Waals surface area contributed by atoms with Crippen LogP contribution in [0.3, 0.4) is 0 Å². The fourth-order valence-corrected chi connectivity index (χ4v) is 2.62. The summed E-state index contributed by atoms with van der Waals surface area (Å²) in [7, 11) is 0. The van der Waals surface area contributed by atoms with Crippen LogP contribution in [-0.2, 0) is 0 Å². The van der Waals surface area contributed by atoms with Crippen molar-refractivity contribution in [2.45, 2.75) is 41.5 Å². The average Bonchev–Trinajstić information content (AvgIpc) is 2.73. The Kier molecular flexibility index (Phi) is 2.98. The van der Waals surface area contributed by atoms with E-state index in [4.69, 9.17) is 0 Å². The molecule has 0 saturated heterocycles. The van der Waals surface area contributed by atoms with Gasteiger partial charge in [0, 0.05) is 12.4 Å². The Balaban J connectivity index is 2.07. The van der Waals surface area contributed by atoms with Gasteiger partial charge >= 0.3 is 0 Å². The number of nitrogens with zero attached hydrogens (tertiary/aromatic N) is 2. The highest BCUT2D eigenvalue weighted by Crippen LogP contribution is 2.41. The predicted octanol–water partition coefficient (Wildman–Crippen LogP) is 4.81. The molecule has 2 radical (unpaired) electrons. The SMILES string of the molecule is CC(C)(C)C1=CC2=C3C=C(C(C)(C)C)C=CN3[C]N2C=C1. The van der Waals surface area contributed by atoms with Crippen molar-refractivity contribution in [1.82, 2.24) is 9.80 Å². The molecule has 0 spiro atoms. The molecule has 110 valence electrons. The van der Waals surface area contributed by atoms with Gasteiger partial charge in [-0.2, -0.15) is 0 Å². The van der Waals surface area contributed by atoms with E-state index in [0.717, 1.165) is 0 Å². The number of rotatable bonds is 0. The van der Waals surface area contributed by atoms with Gasteiger partial charge in [-0.05, 0) is 46.3 Å². The van der Waals surface area contributed by atoms with Crippen molar-refractivity contribution in [3.63, 3.8) is 0 Å². The Morgan fingerprint density at radius 2 is 1.10 bits per heavy atom. The van der Waals surface area contributed by atoms with Crippen molar-refractivity contribution in [2.24, 2.45) is 10.8 Å². The quantitative estimate of drug-likeness (QED) is 0.628. The van der Waals surface area contributed by atoms with Crippen LogP contribution in [0, 0.1) is 17.5 Å². The van der Waals surface area contributed by atoms with E-state index in [1.54, 1.807) is 0 Å². The molecule has 2 nitrogen and oxygen atoms in total. The maximum absolute atomic E-state index is 3.37. The number of hydrogen-bond donors (Lipinski definition) is 0. The summed E-state index contributed by atoms with van der Waals surface area (Å²) in [4.78, 5) is 4.16. The summed E-state index contributed by atoms with van der Waals surface area (Å²) < 4.78 is 0. The van der Waals surface area contributed by atoms with Gasteiger partial charge in [0.05, 0.1) is 11.4 Å². The summed E-state index contributed by atoms with van der Waals surface area (Å²) in [5, 5.41) is 0. The van der Waals surface area contributed by atoms with Crippen LogP contribution >= 0.6 is 0 Å². The zero-order chi connectivity index (χ0) is 15.4. The molecule has 3 rings (SSSR count). The molecule has 2 heteroatoms. The van der Waals surface area contributed by atoms with Crippen molar-refractivity contribution in [1.29, 1.82) is 0 Å². The van der Waals surface area contributed by atoms with E-state index in [2.05, 4.69) is 94.7 Å². The third kappa shape index (κ3) is 2.48. The summed E-state index contributed by atoms with van der Waals surface area (Å²) in [5.41, 5.74) is 5.45. The van der Waals surface area contributed by atoms with E-state index in [1.807, 2.05) is 0 Å². The second-order valence-electron chi connectivity index (χ2n) is 7.94. The molecule has 0 aromatic rings. The molecule has 0 unspecified atom stereocenters. The average molecular weight is 280 g/mol. The Labute approximate surface area is 128 Å². The molecule has 0 amide bonds. The Hall–Kier alpha value is -1.70. The highest BCUT2D eigenvalue weighted by atomic mass is 15.4. The summed E-state index contributed by atoms with van der Waals surface area (Å²) in [6.07, 6.45) is 13.2.